The number of halogens is 1. The van der Waals surface area contributed by atoms with E-state index in [1.165, 1.54) is 0 Å². The predicted molar refractivity (Wildman–Crippen MR) is 73.2 cm³/mol. The maximum absolute atomic E-state index is 11.9. The lowest BCUT2D eigenvalue weighted by Crippen LogP contribution is -2.21. The number of imidazole rings is 1. The molecule has 0 N–H and O–H groups in total. The molecule has 1 atom stereocenters. The number of ether oxygens (including phenoxy) is 1. The van der Waals surface area contributed by atoms with Gasteiger partial charge in [0.2, 0.25) is 0 Å². The van der Waals surface area contributed by atoms with E-state index in [0.717, 1.165) is 11.2 Å². The van der Waals surface area contributed by atoms with Crippen LogP contribution in [0, 0.1) is 6.92 Å². The van der Waals surface area contributed by atoms with Crippen molar-refractivity contribution >= 4 is 28.7 Å². The van der Waals surface area contributed by atoms with Crippen LogP contribution in [-0.4, -0.2) is 27.1 Å². The molecule has 0 fully saturated rings. The summed E-state index contributed by atoms with van der Waals surface area (Å²) in [6.45, 7) is 5.78. The van der Waals surface area contributed by atoms with E-state index in [0.29, 0.717) is 18.1 Å². The second-order valence-corrected chi connectivity index (χ2v) is 4.52. The van der Waals surface area contributed by atoms with Crippen molar-refractivity contribution in [2.24, 2.45) is 0 Å². The summed E-state index contributed by atoms with van der Waals surface area (Å²) in [6.07, 6.45) is 0. The highest BCUT2D eigenvalue weighted by molar-refractivity contribution is 6.16. The van der Waals surface area contributed by atoms with E-state index in [9.17, 15) is 4.79 Å². The molecule has 0 aliphatic carbocycles. The number of rotatable bonds is 4. The van der Waals surface area contributed by atoms with Crippen molar-refractivity contribution in [3.63, 3.8) is 0 Å². The van der Waals surface area contributed by atoms with Gasteiger partial charge in [-0.25, -0.2) is 14.8 Å². The van der Waals surface area contributed by atoms with Crippen LogP contribution in [0.15, 0.2) is 12.1 Å². The summed E-state index contributed by atoms with van der Waals surface area (Å²) < 4.78 is 6.79. The number of hydrogen-bond donors (Lipinski definition) is 0. The summed E-state index contributed by atoms with van der Waals surface area (Å²) >= 11 is 5.91. The van der Waals surface area contributed by atoms with Gasteiger partial charge in [-0.1, -0.05) is 0 Å². The van der Waals surface area contributed by atoms with Crippen molar-refractivity contribution < 1.29 is 9.53 Å². The van der Waals surface area contributed by atoms with E-state index in [1.807, 2.05) is 19.1 Å². The SMILES string of the molecule is CCOC(=O)C(C)n1c(CCl)nc2ccc(C)nc21. The number of nitrogens with zero attached hydrogens (tertiary/aromatic N) is 3. The first kappa shape index (κ1) is 13.8. The Kier molecular flexibility index (Phi) is 4.04. The Morgan fingerprint density at radius 3 is 2.84 bits per heavy atom. The zero-order valence-corrected chi connectivity index (χ0v) is 11.9. The number of carbonyl (C=O) groups is 1. The normalized spacial score (nSPS) is 12.6. The van der Waals surface area contributed by atoms with Crippen molar-refractivity contribution in [2.75, 3.05) is 6.61 Å². The van der Waals surface area contributed by atoms with E-state index < -0.39 is 6.04 Å². The number of esters is 1. The summed E-state index contributed by atoms with van der Waals surface area (Å²) in [5, 5.41) is 0. The molecule has 2 aromatic heterocycles. The van der Waals surface area contributed by atoms with Crippen molar-refractivity contribution in [1.82, 2.24) is 14.5 Å². The zero-order valence-electron chi connectivity index (χ0n) is 11.2. The minimum absolute atomic E-state index is 0.221. The summed E-state index contributed by atoms with van der Waals surface area (Å²) in [5.41, 5.74) is 2.26. The molecule has 0 aliphatic heterocycles. The van der Waals surface area contributed by atoms with Crippen LogP contribution in [0.2, 0.25) is 0 Å². The lowest BCUT2D eigenvalue weighted by molar-refractivity contribution is -0.146. The number of pyridine rings is 1. The second-order valence-electron chi connectivity index (χ2n) is 4.26. The molecule has 19 heavy (non-hydrogen) atoms. The molecule has 0 amide bonds. The second kappa shape index (κ2) is 5.57. The number of aromatic nitrogens is 3. The third-order valence-electron chi connectivity index (χ3n) is 2.88. The first-order valence-electron chi connectivity index (χ1n) is 6.15. The Morgan fingerprint density at radius 1 is 1.47 bits per heavy atom. The standard InChI is InChI=1S/C13H16ClN3O2/c1-4-19-13(18)9(3)17-11(7-14)16-10-6-5-8(2)15-12(10)17/h5-6,9H,4,7H2,1-3H3. The van der Waals surface area contributed by atoms with Crippen LogP contribution in [0.3, 0.4) is 0 Å². The van der Waals surface area contributed by atoms with Crippen molar-refractivity contribution in [2.45, 2.75) is 32.7 Å². The van der Waals surface area contributed by atoms with Gasteiger partial charge in [-0.05, 0) is 32.9 Å². The first-order chi connectivity index (χ1) is 9.08. The number of fused-ring (bicyclic) bond motifs is 1. The molecule has 102 valence electrons. The number of alkyl halides is 1. The predicted octanol–water partition coefficient (Wildman–Crippen LogP) is 2.60. The molecule has 0 saturated heterocycles. The Morgan fingerprint density at radius 2 is 2.21 bits per heavy atom. The van der Waals surface area contributed by atoms with Gasteiger partial charge >= 0.3 is 5.97 Å². The molecule has 0 spiro atoms. The molecule has 2 rings (SSSR count). The van der Waals surface area contributed by atoms with Crippen LogP contribution in [0.25, 0.3) is 11.2 Å². The maximum Gasteiger partial charge on any atom is 0.328 e. The number of carbonyl (C=O) groups excluding carboxylic acids is 1. The zero-order chi connectivity index (χ0) is 14.0. The van der Waals surface area contributed by atoms with Gasteiger partial charge in [-0.2, -0.15) is 0 Å². The average molecular weight is 282 g/mol. The van der Waals surface area contributed by atoms with Crippen LogP contribution in [0.5, 0.6) is 0 Å². The highest BCUT2D eigenvalue weighted by Gasteiger charge is 2.22. The van der Waals surface area contributed by atoms with Crippen molar-refractivity contribution in [3.05, 3.63) is 23.7 Å². The van der Waals surface area contributed by atoms with E-state index >= 15 is 0 Å². The third-order valence-corrected chi connectivity index (χ3v) is 3.12. The molecule has 0 radical (unpaired) electrons. The fourth-order valence-corrected chi connectivity index (χ4v) is 2.17. The van der Waals surface area contributed by atoms with Crippen LogP contribution >= 0.6 is 11.6 Å². The monoisotopic (exact) mass is 281 g/mol. The van der Waals surface area contributed by atoms with Crippen LogP contribution in [0.1, 0.15) is 31.4 Å². The van der Waals surface area contributed by atoms with Crippen molar-refractivity contribution in [3.8, 4) is 0 Å². The molecule has 1 unspecified atom stereocenters. The van der Waals surface area contributed by atoms with E-state index in [1.54, 1.807) is 18.4 Å². The highest BCUT2D eigenvalue weighted by Crippen LogP contribution is 2.22. The largest absolute Gasteiger partial charge is 0.464 e. The molecule has 5 nitrogen and oxygen atoms in total. The molecule has 2 heterocycles. The number of hydrogen-bond acceptors (Lipinski definition) is 4. The summed E-state index contributed by atoms with van der Waals surface area (Å²) in [6, 6.07) is 3.27. The molecule has 6 heteroatoms. The van der Waals surface area contributed by atoms with Crippen LogP contribution < -0.4 is 0 Å². The quantitative estimate of drug-likeness (QED) is 0.638. The molecule has 0 aromatic carbocycles. The van der Waals surface area contributed by atoms with Crippen molar-refractivity contribution in [1.29, 1.82) is 0 Å². The van der Waals surface area contributed by atoms with Gasteiger partial charge in [0.05, 0.1) is 12.5 Å². The van der Waals surface area contributed by atoms with Gasteiger partial charge in [-0.15, -0.1) is 11.6 Å². The number of aryl methyl sites for hydroxylation is 1. The Balaban J connectivity index is 2.56. The maximum atomic E-state index is 11.9. The van der Waals surface area contributed by atoms with Gasteiger partial charge < -0.3 is 4.74 Å². The van der Waals surface area contributed by atoms with Crippen LogP contribution in [-0.2, 0) is 15.4 Å². The minimum atomic E-state index is -0.493. The molecule has 2 aromatic rings. The fourth-order valence-electron chi connectivity index (χ4n) is 1.98. The Bertz CT molecular complexity index is 609. The smallest absolute Gasteiger partial charge is 0.328 e. The molecule has 0 saturated carbocycles. The summed E-state index contributed by atoms with van der Waals surface area (Å²) in [5.74, 6) is 0.533. The van der Waals surface area contributed by atoms with Gasteiger partial charge in [-0.3, -0.25) is 4.57 Å². The van der Waals surface area contributed by atoms with Crippen LogP contribution in [0.4, 0.5) is 0 Å². The summed E-state index contributed by atoms with van der Waals surface area (Å²) in [4.78, 5) is 20.7. The topological polar surface area (TPSA) is 57.0 Å². The Labute approximate surface area is 116 Å². The lowest BCUT2D eigenvalue weighted by Gasteiger charge is -2.14. The Hall–Kier alpha value is -1.62. The lowest BCUT2D eigenvalue weighted by atomic mass is 10.3. The minimum Gasteiger partial charge on any atom is -0.464 e. The first-order valence-corrected chi connectivity index (χ1v) is 6.69. The molecule has 0 aliphatic rings. The van der Waals surface area contributed by atoms with E-state index in [4.69, 9.17) is 16.3 Å². The molecular formula is C13H16ClN3O2. The van der Waals surface area contributed by atoms with Gasteiger partial charge in [0.25, 0.3) is 0 Å². The molecule has 0 bridgehead atoms. The van der Waals surface area contributed by atoms with Gasteiger partial charge in [0.1, 0.15) is 17.4 Å². The van der Waals surface area contributed by atoms with Gasteiger partial charge in [0.15, 0.2) is 5.65 Å². The average Bonchev–Trinajstić information content (AvgIpc) is 2.75. The third kappa shape index (κ3) is 2.56. The van der Waals surface area contributed by atoms with Gasteiger partial charge in [0, 0.05) is 5.69 Å². The fraction of sp³-hybridized carbons (Fsp3) is 0.462. The summed E-state index contributed by atoms with van der Waals surface area (Å²) in [7, 11) is 0. The van der Waals surface area contributed by atoms with E-state index in [-0.39, 0.29) is 11.8 Å². The molecular weight excluding hydrogens is 266 g/mol. The highest BCUT2D eigenvalue weighted by atomic mass is 35.5. The van der Waals surface area contributed by atoms with E-state index in [2.05, 4.69) is 9.97 Å².